The van der Waals surface area contributed by atoms with Gasteiger partial charge in [-0.3, -0.25) is 9.69 Å². The van der Waals surface area contributed by atoms with E-state index in [1.165, 1.54) is 0 Å². The van der Waals surface area contributed by atoms with Crippen LogP contribution in [0.25, 0.3) is 0 Å². The molecule has 1 aliphatic rings. The Balaban J connectivity index is 1.99. The van der Waals surface area contributed by atoms with Gasteiger partial charge in [-0.05, 0) is 18.2 Å². The minimum atomic E-state index is 0.0549. The van der Waals surface area contributed by atoms with E-state index >= 15 is 0 Å². The summed E-state index contributed by atoms with van der Waals surface area (Å²) in [7, 11) is 1.60. The third-order valence-electron chi connectivity index (χ3n) is 3.29. The molecule has 4 nitrogen and oxygen atoms in total. The van der Waals surface area contributed by atoms with Crippen LogP contribution in [0.3, 0.4) is 0 Å². The fourth-order valence-corrected chi connectivity index (χ4v) is 2.18. The molecular weight excluding hydrogens is 240 g/mol. The van der Waals surface area contributed by atoms with E-state index in [2.05, 4.69) is 10.8 Å². The highest BCUT2D eigenvalue weighted by molar-refractivity contribution is 5.94. The van der Waals surface area contributed by atoms with Crippen LogP contribution in [-0.2, 0) is 0 Å². The highest BCUT2D eigenvalue weighted by Gasteiger charge is 2.21. The van der Waals surface area contributed by atoms with Crippen LogP contribution in [0.5, 0.6) is 5.75 Å². The molecule has 1 fully saturated rings. The predicted molar refractivity (Wildman–Crippen MR) is 74.2 cm³/mol. The topological polar surface area (TPSA) is 32.8 Å². The number of carbonyl (C=O) groups is 1. The second-order valence-electron chi connectivity index (χ2n) is 4.50. The molecule has 1 aromatic rings. The van der Waals surface area contributed by atoms with Crippen molar-refractivity contribution >= 4 is 5.91 Å². The first-order valence-electron chi connectivity index (χ1n) is 6.33. The predicted octanol–water partition coefficient (Wildman–Crippen LogP) is 1.09. The molecule has 0 aromatic heterocycles. The van der Waals surface area contributed by atoms with Gasteiger partial charge in [0.25, 0.3) is 5.91 Å². The molecular formula is C15H18N2O2. The van der Waals surface area contributed by atoms with E-state index < -0.39 is 0 Å². The van der Waals surface area contributed by atoms with E-state index in [0.717, 1.165) is 26.2 Å². The molecule has 0 atom stereocenters. The number of terminal acetylenes is 1. The monoisotopic (exact) mass is 258 g/mol. The Bertz CT molecular complexity index is 485. The van der Waals surface area contributed by atoms with Crippen LogP contribution in [0.1, 0.15) is 10.4 Å². The summed E-state index contributed by atoms with van der Waals surface area (Å²) in [4.78, 5) is 16.4. The number of carbonyl (C=O) groups excluding carboxylic acids is 1. The minimum Gasteiger partial charge on any atom is -0.497 e. The third-order valence-corrected chi connectivity index (χ3v) is 3.29. The van der Waals surface area contributed by atoms with Crippen molar-refractivity contribution in [3.05, 3.63) is 29.8 Å². The average Bonchev–Trinajstić information content (AvgIpc) is 2.48. The highest BCUT2D eigenvalue weighted by atomic mass is 16.5. The lowest BCUT2D eigenvalue weighted by atomic mass is 10.1. The Labute approximate surface area is 114 Å². The van der Waals surface area contributed by atoms with Gasteiger partial charge in [0.2, 0.25) is 0 Å². The molecule has 1 aromatic carbocycles. The Morgan fingerprint density at radius 1 is 1.37 bits per heavy atom. The lowest BCUT2D eigenvalue weighted by molar-refractivity contribution is 0.0652. The van der Waals surface area contributed by atoms with Crippen molar-refractivity contribution in [2.75, 3.05) is 39.8 Å². The number of hydrogen-bond donors (Lipinski definition) is 0. The Morgan fingerprint density at radius 3 is 2.74 bits per heavy atom. The number of nitrogens with zero attached hydrogens (tertiary/aromatic N) is 2. The van der Waals surface area contributed by atoms with Gasteiger partial charge in [-0.1, -0.05) is 12.0 Å². The zero-order valence-corrected chi connectivity index (χ0v) is 11.1. The second-order valence-corrected chi connectivity index (χ2v) is 4.50. The summed E-state index contributed by atoms with van der Waals surface area (Å²) in [6.45, 7) is 3.76. The first kappa shape index (κ1) is 13.4. The lowest BCUT2D eigenvalue weighted by Gasteiger charge is -2.33. The normalized spacial score (nSPS) is 15.9. The number of ether oxygens (including phenoxy) is 1. The summed E-state index contributed by atoms with van der Waals surface area (Å²) in [6, 6.07) is 7.26. The summed E-state index contributed by atoms with van der Waals surface area (Å²) >= 11 is 0. The van der Waals surface area contributed by atoms with E-state index in [1.54, 1.807) is 13.2 Å². The molecule has 19 heavy (non-hydrogen) atoms. The van der Waals surface area contributed by atoms with Crippen LogP contribution >= 0.6 is 0 Å². The molecule has 0 bridgehead atoms. The fraction of sp³-hybridized carbons (Fsp3) is 0.400. The number of piperazine rings is 1. The number of amides is 1. The molecule has 0 spiro atoms. The SMILES string of the molecule is C#CCN1CCN(C(=O)c2cccc(OC)c2)CC1. The van der Waals surface area contributed by atoms with Gasteiger partial charge in [-0.2, -0.15) is 0 Å². The van der Waals surface area contributed by atoms with Crippen molar-refractivity contribution in [2.24, 2.45) is 0 Å². The zero-order chi connectivity index (χ0) is 13.7. The summed E-state index contributed by atoms with van der Waals surface area (Å²) < 4.78 is 5.14. The summed E-state index contributed by atoms with van der Waals surface area (Å²) in [5.74, 6) is 3.39. The Morgan fingerprint density at radius 2 is 2.11 bits per heavy atom. The third kappa shape index (κ3) is 3.27. The van der Waals surface area contributed by atoms with Gasteiger partial charge in [0, 0.05) is 31.7 Å². The van der Waals surface area contributed by atoms with Crippen molar-refractivity contribution < 1.29 is 9.53 Å². The van der Waals surface area contributed by atoms with Crippen LogP contribution in [0.15, 0.2) is 24.3 Å². The second kappa shape index (κ2) is 6.26. The number of methoxy groups -OCH3 is 1. The van der Waals surface area contributed by atoms with Gasteiger partial charge in [0.05, 0.1) is 13.7 Å². The van der Waals surface area contributed by atoms with E-state index in [-0.39, 0.29) is 5.91 Å². The summed E-state index contributed by atoms with van der Waals surface area (Å²) in [5, 5.41) is 0. The van der Waals surface area contributed by atoms with Gasteiger partial charge in [-0.25, -0.2) is 0 Å². The molecule has 0 unspecified atom stereocenters. The number of hydrogen-bond acceptors (Lipinski definition) is 3. The van der Waals surface area contributed by atoms with Crippen LogP contribution < -0.4 is 4.74 Å². The molecule has 1 aliphatic heterocycles. The standard InChI is InChI=1S/C15H18N2O2/c1-3-7-16-8-10-17(11-9-16)15(18)13-5-4-6-14(12-13)19-2/h1,4-6,12H,7-11H2,2H3. The van der Waals surface area contributed by atoms with Gasteiger partial charge in [0.15, 0.2) is 0 Å². The van der Waals surface area contributed by atoms with Gasteiger partial charge >= 0.3 is 0 Å². The Kier molecular flexibility index (Phi) is 4.43. The average molecular weight is 258 g/mol. The van der Waals surface area contributed by atoms with Gasteiger partial charge < -0.3 is 9.64 Å². The largest absolute Gasteiger partial charge is 0.497 e. The maximum Gasteiger partial charge on any atom is 0.254 e. The molecule has 0 aliphatic carbocycles. The molecule has 4 heteroatoms. The van der Waals surface area contributed by atoms with Crippen molar-refractivity contribution in [1.29, 1.82) is 0 Å². The molecule has 1 heterocycles. The molecule has 0 radical (unpaired) electrons. The molecule has 1 amide bonds. The van der Waals surface area contributed by atoms with E-state index in [9.17, 15) is 4.79 Å². The highest BCUT2D eigenvalue weighted by Crippen LogP contribution is 2.15. The molecule has 1 saturated heterocycles. The first-order valence-corrected chi connectivity index (χ1v) is 6.33. The Hall–Kier alpha value is -1.99. The van der Waals surface area contributed by atoms with Crippen LogP contribution in [0.2, 0.25) is 0 Å². The minimum absolute atomic E-state index is 0.0549. The quantitative estimate of drug-likeness (QED) is 0.761. The van der Waals surface area contributed by atoms with E-state index in [1.807, 2.05) is 23.1 Å². The number of rotatable bonds is 3. The maximum absolute atomic E-state index is 12.3. The summed E-state index contributed by atoms with van der Waals surface area (Å²) in [6.07, 6.45) is 5.29. The van der Waals surface area contributed by atoms with E-state index in [4.69, 9.17) is 11.2 Å². The molecule has 0 saturated carbocycles. The maximum atomic E-state index is 12.3. The fourth-order valence-electron chi connectivity index (χ4n) is 2.18. The smallest absolute Gasteiger partial charge is 0.254 e. The van der Waals surface area contributed by atoms with Gasteiger partial charge in [-0.15, -0.1) is 6.42 Å². The van der Waals surface area contributed by atoms with Crippen molar-refractivity contribution in [1.82, 2.24) is 9.80 Å². The van der Waals surface area contributed by atoms with Crippen molar-refractivity contribution in [3.8, 4) is 18.1 Å². The van der Waals surface area contributed by atoms with Crippen molar-refractivity contribution in [3.63, 3.8) is 0 Å². The molecule has 0 N–H and O–H groups in total. The van der Waals surface area contributed by atoms with Crippen LogP contribution in [0.4, 0.5) is 0 Å². The molecule has 100 valence electrons. The first-order chi connectivity index (χ1) is 9.24. The van der Waals surface area contributed by atoms with Crippen molar-refractivity contribution in [2.45, 2.75) is 0 Å². The van der Waals surface area contributed by atoms with E-state index in [0.29, 0.717) is 17.9 Å². The van der Waals surface area contributed by atoms with Gasteiger partial charge in [0.1, 0.15) is 5.75 Å². The van der Waals surface area contributed by atoms with Crippen LogP contribution in [-0.4, -0.2) is 55.5 Å². The zero-order valence-electron chi connectivity index (χ0n) is 11.1. The summed E-state index contributed by atoms with van der Waals surface area (Å²) in [5.41, 5.74) is 0.671. The van der Waals surface area contributed by atoms with Crippen LogP contribution in [0, 0.1) is 12.3 Å². The number of benzene rings is 1. The molecule has 2 rings (SSSR count). The lowest BCUT2D eigenvalue weighted by Crippen LogP contribution is -2.48.